The van der Waals surface area contributed by atoms with Crippen molar-refractivity contribution in [1.29, 1.82) is 0 Å². The Morgan fingerprint density at radius 1 is 1.29 bits per heavy atom. The third-order valence-corrected chi connectivity index (χ3v) is 4.72. The molecule has 0 amide bonds. The van der Waals surface area contributed by atoms with Gasteiger partial charge >= 0.3 is 5.97 Å². The predicted molar refractivity (Wildman–Crippen MR) is 105 cm³/mol. The molecule has 1 aliphatic rings. The minimum absolute atomic E-state index is 0.0652. The second-order valence-corrected chi connectivity index (χ2v) is 8.42. The van der Waals surface area contributed by atoms with Crippen molar-refractivity contribution >= 4 is 5.97 Å². The average Bonchev–Trinajstić information content (AvgIpc) is 3.36. The first-order valence-corrected chi connectivity index (χ1v) is 9.86. The number of phenols is 1. The Labute approximate surface area is 165 Å². The third kappa shape index (κ3) is 5.10. The molecule has 0 unspecified atom stereocenters. The van der Waals surface area contributed by atoms with Crippen LogP contribution < -0.4 is 0 Å². The molecule has 1 aromatic heterocycles. The van der Waals surface area contributed by atoms with Crippen LogP contribution in [0.3, 0.4) is 0 Å². The summed E-state index contributed by atoms with van der Waals surface area (Å²) in [5.74, 6) is 0.150. The van der Waals surface area contributed by atoms with Crippen molar-refractivity contribution in [2.24, 2.45) is 0 Å². The number of hydrogen-bond donors (Lipinski definition) is 2. The van der Waals surface area contributed by atoms with E-state index < -0.39 is 5.60 Å². The van der Waals surface area contributed by atoms with Gasteiger partial charge < -0.3 is 14.9 Å². The molecule has 0 saturated heterocycles. The van der Waals surface area contributed by atoms with Crippen LogP contribution >= 0.6 is 0 Å². The van der Waals surface area contributed by atoms with E-state index in [4.69, 9.17) is 4.74 Å². The highest BCUT2D eigenvalue weighted by atomic mass is 16.6. The minimum atomic E-state index is -0.540. The molecule has 28 heavy (non-hydrogen) atoms. The number of nitrogens with zero attached hydrogens (tertiary/aromatic N) is 3. The molecule has 0 radical (unpaired) electrons. The molecule has 0 aliphatic heterocycles. The number of hydrogen-bond acceptors (Lipinski definition) is 6. The fourth-order valence-electron chi connectivity index (χ4n) is 3.37. The lowest BCUT2D eigenvalue weighted by Crippen LogP contribution is -2.25. The van der Waals surface area contributed by atoms with E-state index in [1.54, 1.807) is 24.3 Å². The van der Waals surface area contributed by atoms with E-state index in [9.17, 15) is 15.0 Å². The van der Waals surface area contributed by atoms with Gasteiger partial charge in [0.05, 0.1) is 23.5 Å². The van der Waals surface area contributed by atoms with Crippen LogP contribution in [0.4, 0.5) is 0 Å². The largest absolute Gasteiger partial charge is 0.508 e. The SMILES string of the molecule is CC(C)(C)OC(=O)C[C@H](CCCO)c1nnn(-c2ccc(O)cc2)c1C1CC1. The van der Waals surface area contributed by atoms with Crippen LogP contribution in [0.25, 0.3) is 5.69 Å². The highest BCUT2D eigenvalue weighted by molar-refractivity contribution is 5.71. The van der Waals surface area contributed by atoms with Gasteiger partial charge in [-0.15, -0.1) is 5.10 Å². The summed E-state index contributed by atoms with van der Waals surface area (Å²) in [7, 11) is 0. The van der Waals surface area contributed by atoms with Crippen molar-refractivity contribution in [3.8, 4) is 11.4 Å². The van der Waals surface area contributed by atoms with Crippen molar-refractivity contribution in [2.45, 2.75) is 70.3 Å². The summed E-state index contributed by atoms with van der Waals surface area (Å²) in [5.41, 5.74) is 2.13. The molecular formula is C21H29N3O4. The maximum Gasteiger partial charge on any atom is 0.306 e. The molecule has 1 aliphatic carbocycles. The highest BCUT2D eigenvalue weighted by Crippen LogP contribution is 2.44. The second kappa shape index (κ2) is 8.31. The molecule has 1 atom stereocenters. The van der Waals surface area contributed by atoms with Crippen LogP contribution in [0.5, 0.6) is 5.75 Å². The zero-order valence-corrected chi connectivity index (χ0v) is 16.8. The average molecular weight is 387 g/mol. The summed E-state index contributed by atoms with van der Waals surface area (Å²) < 4.78 is 7.32. The van der Waals surface area contributed by atoms with Crippen LogP contribution in [-0.4, -0.2) is 43.4 Å². The molecule has 3 rings (SSSR count). The van der Waals surface area contributed by atoms with Gasteiger partial charge in [0.25, 0.3) is 0 Å². The molecule has 0 spiro atoms. The molecule has 2 aromatic rings. The number of aromatic nitrogens is 3. The predicted octanol–water partition coefficient (Wildman–Crippen LogP) is 3.44. The van der Waals surface area contributed by atoms with Gasteiger partial charge in [0, 0.05) is 18.4 Å². The van der Waals surface area contributed by atoms with E-state index >= 15 is 0 Å². The number of aromatic hydroxyl groups is 1. The Kier molecular flexibility index (Phi) is 6.03. The molecule has 1 saturated carbocycles. The van der Waals surface area contributed by atoms with Gasteiger partial charge in [-0.1, -0.05) is 5.21 Å². The number of benzene rings is 1. The summed E-state index contributed by atoms with van der Waals surface area (Å²) in [6.45, 7) is 5.62. The molecule has 2 N–H and O–H groups in total. The molecule has 1 fully saturated rings. The van der Waals surface area contributed by atoms with Crippen LogP contribution in [0.1, 0.15) is 76.1 Å². The van der Waals surface area contributed by atoms with E-state index in [1.807, 2.05) is 25.5 Å². The number of ether oxygens (including phenoxy) is 1. The van der Waals surface area contributed by atoms with E-state index in [0.29, 0.717) is 18.8 Å². The summed E-state index contributed by atoms with van der Waals surface area (Å²) in [5, 5.41) is 27.7. The summed E-state index contributed by atoms with van der Waals surface area (Å²) in [4.78, 5) is 12.4. The number of aliphatic hydroxyl groups is 1. The Morgan fingerprint density at radius 2 is 1.96 bits per heavy atom. The number of aliphatic hydroxyl groups excluding tert-OH is 1. The topological polar surface area (TPSA) is 97.5 Å². The molecular weight excluding hydrogens is 358 g/mol. The van der Waals surface area contributed by atoms with Crippen LogP contribution in [0.15, 0.2) is 24.3 Å². The summed E-state index contributed by atoms with van der Waals surface area (Å²) in [6, 6.07) is 6.85. The Bertz CT molecular complexity index is 804. The van der Waals surface area contributed by atoms with E-state index in [2.05, 4.69) is 10.3 Å². The van der Waals surface area contributed by atoms with Gasteiger partial charge in [-0.3, -0.25) is 4.79 Å². The van der Waals surface area contributed by atoms with Gasteiger partial charge in [-0.25, -0.2) is 4.68 Å². The first kappa shape index (κ1) is 20.3. The number of carbonyl (C=O) groups excluding carboxylic acids is 1. The Balaban J connectivity index is 1.91. The van der Waals surface area contributed by atoms with Crippen molar-refractivity contribution in [3.63, 3.8) is 0 Å². The number of phenolic OH excluding ortho intramolecular Hbond substituents is 1. The van der Waals surface area contributed by atoms with E-state index in [-0.39, 0.29) is 30.7 Å². The molecule has 0 bridgehead atoms. The minimum Gasteiger partial charge on any atom is -0.508 e. The Morgan fingerprint density at radius 3 is 2.54 bits per heavy atom. The second-order valence-electron chi connectivity index (χ2n) is 8.42. The van der Waals surface area contributed by atoms with Gasteiger partial charge in [0.2, 0.25) is 0 Å². The summed E-state index contributed by atoms with van der Waals surface area (Å²) in [6.07, 6.45) is 3.58. The highest BCUT2D eigenvalue weighted by Gasteiger charge is 2.35. The standard InChI is InChI=1S/C21H29N3O4/c1-21(2,3)28-18(27)13-15(5-4-12-25)19-20(14-6-7-14)24(23-22-19)16-8-10-17(26)11-9-16/h8-11,14-15,25-26H,4-7,12-13H2,1-3H3/t15-/m0/s1. The molecule has 152 valence electrons. The van der Waals surface area contributed by atoms with Crippen molar-refractivity contribution in [2.75, 3.05) is 6.61 Å². The smallest absolute Gasteiger partial charge is 0.306 e. The van der Waals surface area contributed by atoms with Crippen molar-refractivity contribution in [3.05, 3.63) is 35.7 Å². The quantitative estimate of drug-likeness (QED) is 0.674. The number of esters is 1. The van der Waals surface area contributed by atoms with E-state index in [1.165, 1.54) is 0 Å². The lowest BCUT2D eigenvalue weighted by Gasteiger charge is -2.22. The maximum atomic E-state index is 12.4. The van der Waals surface area contributed by atoms with Gasteiger partial charge in [-0.2, -0.15) is 0 Å². The van der Waals surface area contributed by atoms with Crippen molar-refractivity contribution in [1.82, 2.24) is 15.0 Å². The molecule has 7 nitrogen and oxygen atoms in total. The fraction of sp³-hybridized carbons (Fsp3) is 0.571. The molecule has 1 aromatic carbocycles. The van der Waals surface area contributed by atoms with Crippen molar-refractivity contribution < 1.29 is 19.7 Å². The van der Waals surface area contributed by atoms with E-state index in [0.717, 1.165) is 29.9 Å². The van der Waals surface area contributed by atoms with Crippen LogP contribution in [0.2, 0.25) is 0 Å². The summed E-state index contributed by atoms with van der Waals surface area (Å²) >= 11 is 0. The number of carbonyl (C=O) groups is 1. The van der Waals surface area contributed by atoms with Crippen LogP contribution in [-0.2, 0) is 9.53 Å². The van der Waals surface area contributed by atoms with Gasteiger partial charge in [-0.05, 0) is 70.7 Å². The first-order chi connectivity index (χ1) is 13.3. The first-order valence-electron chi connectivity index (χ1n) is 9.86. The zero-order chi connectivity index (χ0) is 20.3. The van der Waals surface area contributed by atoms with Gasteiger partial charge in [0.1, 0.15) is 11.4 Å². The lowest BCUT2D eigenvalue weighted by molar-refractivity contribution is -0.155. The van der Waals surface area contributed by atoms with Gasteiger partial charge in [0.15, 0.2) is 0 Å². The monoisotopic (exact) mass is 387 g/mol. The maximum absolute atomic E-state index is 12.4. The van der Waals surface area contributed by atoms with Crippen LogP contribution in [0, 0.1) is 0 Å². The number of rotatable bonds is 8. The Hall–Kier alpha value is -2.41. The lowest BCUT2D eigenvalue weighted by atomic mass is 9.93. The molecule has 1 heterocycles. The third-order valence-electron chi connectivity index (χ3n) is 4.72. The normalized spacial score (nSPS) is 15.4. The zero-order valence-electron chi connectivity index (χ0n) is 16.8. The molecule has 7 heteroatoms. The fourth-order valence-corrected chi connectivity index (χ4v) is 3.37.